The molecule has 0 radical (unpaired) electrons. The van der Waals surface area contributed by atoms with E-state index in [0.717, 1.165) is 26.7 Å². The van der Waals surface area contributed by atoms with E-state index in [1.807, 2.05) is 24.3 Å². The molecule has 190 valence electrons. The minimum atomic E-state index is -2.52. The highest BCUT2D eigenvalue weighted by Crippen LogP contribution is 2.32. The molecule has 0 saturated carbocycles. The monoisotopic (exact) mass is 512 g/mol. The summed E-state index contributed by atoms with van der Waals surface area (Å²) >= 11 is -2.52. The van der Waals surface area contributed by atoms with Gasteiger partial charge in [0, 0.05) is 6.54 Å². The highest BCUT2D eigenvalue weighted by atomic mass is 32.2. The first-order chi connectivity index (χ1) is 17.4. The lowest BCUT2D eigenvalue weighted by atomic mass is 9.88. The van der Waals surface area contributed by atoms with Crippen LogP contribution in [0.25, 0.3) is 11.1 Å². The number of piperidine rings is 1. The van der Waals surface area contributed by atoms with Gasteiger partial charge >= 0.3 is 5.97 Å². The third-order valence-electron chi connectivity index (χ3n) is 6.62. The summed E-state index contributed by atoms with van der Waals surface area (Å²) in [6, 6.07) is 19.7. The average molecular weight is 513 g/mol. The van der Waals surface area contributed by atoms with E-state index in [2.05, 4.69) is 4.90 Å². The normalized spacial score (nSPS) is 16.3. The van der Waals surface area contributed by atoms with E-state index in [0.29, 0.717) is 38.2 Å². The van der Waals surface area contributed by atoms with Crippen LogP contribution in [0.2, 0.25) is 0 Å². The van der Waals surface area contributed by atoms with Gasteiger partial charge in [-0.15, -0.1) is 0 Å². The molecule has 36 heavy (non-hydrogen) atoms. The van der Waals surface area contributed by atoms with Crippen molar-refractivity contribution in [2.45, 2.75) is 25.4 Å². The molecule has 3 aromatic rings. The molecule has 9 heteroatoms. The number of likely N-dealkylation sites (tertiary alicyclic amines) is 1. The maximum atomic E-state index is 13.2. The number of ether oxygens (including phenoxy) is 1. The largest absolute Gasteiger partial charge is 0.497 e. The van der Waals surface area contributed by atoms with E-state index >= 15 is 0 Å². The summed E-state index contributed by atoms with van der Waals surface area (Å²) in [5.41, 5.74) is 3.20. The molecular formula is C27H29FN2O5S. The number of methoxy groups -OCH3 is 1. The summed E-state index contributed by atoms with van der Waals surface area (Å²) in [6.45, 7) is 1.94. The summed E-state index contributed by atoms with van der Waals surface area (Å²) in [5.74, 6) is -0.973. The van der Waals surface area contributed by atoms with E-state index in [-0.39, 0.29) is 11.7 Å². The number of carboxylic acid groups (broad SMARTS) is 1. The topological polar surface area (TPSA) is 90.3 Å². The van der Waals surface area contributed by atoms with Gasteiger partial charge in [-0.2, -0.15) is 0 Å². The van der Waals surface area contributed by atoms with Gasteiger partial charge in [0.15, 0.2) is 0 Å². The molecule has 1 aliphatic rings. The molecule has 0 aliphatic carbocycles. The van der Waals surface area contributed by atoms with Crippen molar-refractivity contribution in [1.82, 2.24) is 4.90 Å². The zero-order chi connectivity index (χ0) is 25.7. The maximum absolute atomic E-state index is 13.2. The Labute approximate surface area is 212 Å². The summed E-state index contributed by atoms with van der Waals surface area (Å²) in [5, 5.41) is 10.1. The van der Waals surface area contributed by atoms with Gasteiger partial charge in [-0.1, -0.05) is 36.4 Å². The zero-order valence-corrected chi connectivity index (χ0v) is 20.7. The first kappa shape index (κ1) is 25.8. The lowest BCUT2D eigenvalue weighted by Gasteiger charge is -2.38. The molecule has 0 amide bonds. The first-order valence-electron chi connectivity index (χ1n) is 11.7. The summed E-state index contributed by atoms with van der Waals surface area (Å²) in [6.07, 6.45) is 1.13. The number of nitrogens with zero attached hydrogens (tertiary/aromatic N) is 2. The zero-order valence-electron chi connectivity index (χ0n) is 19.9. The molecule has 2 unspecified atom stereocenters. The SMILES string of the molecule is COc1ccc(-c2ccc(N(C(C(=O)O)C3CCN(Cc4ccc(F)cc4)CC3)S(=O)O)cc2)cc1. The standard InChI is InChI=1S/C27H29FN2O5S/c1-35-25-12-6-21(7-13-25)20-4-10-24(11-5-20)30(36(33)34)26(27(31)32)22-14-16-29(17-15-22)18-19-2-8-23(28)9-3-19/h2-13,22,26H,14-18H2,1H3,(H,31,32)(H,33,34). The van der Waals surface area contributed by atoms with Crippen LogP contribution in [0.15, 0.2) is 72.8 Å². The van der Waals surface area contributed by atoms with Crippen molar-refractivity contribution in [3.63, 3.8) is 0 Å². The van der Waals surface area contributed by atoms with Crippen LogP contribution in [0.1, 0.15) is 18.4 Å². The summed E-state index contributed by atoms with van der Waals surface area (Å²) < 4.78 is 41.9. The van der Waals surface area contributed by atoms with Crippen LogP contribution >= 0.6 is 0 Å². The van der Waals surface area contributed by atoms with Crippen molar-refractivity contribution in [1.29, 1.82) is 0 Å². The Kier molecular flexibility index (Phi) is 8.35. The first-order valence-corrected chi connectivity index (χ1v) is 12.8. The number of aliphatic carboxylic acids is 1. The smallest absolute Gasteiger partial charge is 0.327 e. The van der Waals surface area contributed by atoms with Crippen LogP contribution in [0, 0.1) is 11.7 Å². The van der Waals surface area contributed by atoms with Gasteiger partial charge in [-0.3, -0.25) is 13.8 Å². The van der Waals surface area contributed by atoms with Gasteiger partial charge in [-0.25, -0.2) is 13.4 Å². The molecular weight excluding hydrogens is 483 g/mol. The predicted molar refractivity (Wildman–Crippen MR) is 138 cm³/mol. The van der Waals surface area contributed by atoms with Crippen LogP contribution < -0.4 is 9.04 Å². The molecule has 2 atom stereocenters. The van der Waals surface area contributed by atoms with Gasteiger partial charge in [-0.05, 0) is 84.9 Å². The number of anilines is 1. The van der Waals surface area contributed by atoms with Gasteiger partial charge in [0.2, 0.25) is 0 Å². The lowest BCUT2D eigenvalue weighted by molar-refractivity contribution is -0.140. The number of carboxylic acids is 1. The molecule has 1 fully saturated rings. The van der Waals surface area contributed by atoms with Crippen molar-refractivity contribution in [2.24, 2.45) is 5.92 Å². The Balaban J connectivity index is 1.47. The number of rotatable bonds is 9. The number of hydrogen-bond acceptors (Lipinski definition) is 4. The van der Waals surface area contributed by atoms with Crippen molar-refractivity contribution >= 4 is 22.9 Å². The highest BCUT2D eigenvalue weighted by molar-refractivity contribution is 7.80. The molecule has 1 aliphatic heterocycles. The third kappa shape index (κ3) is 6.10. The Morgan fingerprint density at radius 2 is 1.58 bits per heavy atom. The molecule has 1 saturated heterocycles. The van der Waals surface area contributed by atoms with E-state index in [9.17, 15) is 23.1 Å². The van der Waals surface area contributed by atoms with Crippen LogP contribution in [0.4, 0.5) is 10.1 Å². The Morgan fingerprint density at radius 1 is 1.03 bits per heavy atom. The molecule has 0 bridgehead atoms. The quantitative estimate of drug-likeness (QED) is 0.400. The molecule has 2 N–H and O–H groups in total. The van der Waals surface area contributed by atoms with Gasteiger partial charge in [0.05, 0.1) is 12.8 Å². The molecule has 7 nitrogen and oxygen atoms in total. The van der Waals surface area contributed by atoms with E-state index in [1.165, 1.54) is 12.1 Å². The van der Waals surface area contributed by atoms with Crippen LogP contribution in [-0.4, -0.2) is 51.0 Å². The number of hydrogen-bond donors (Lipinski definition) is 2. The van der Waals surface area contributed by atoms with Gasteiger partial charge in [0.1, 0.15) is 17.6 Å². The second kappa shape index (κ2) is 11.6. The van der Waals surface area contributed by atoms with Gasteiger partial charge in [0.25, 0.3) is 11.3 Å². The van der Waals surface area contributed by atoms with Crippen molar-refractivity contribution in [2.75, 3.05) is 24.5 Å². The number of halogens is 1. The number of carbonyl (C=O) groups is 1. The van der Waals surface area contributed by atoms with Crippen LogP contribution in [-0.2, 0) is 22.6 Å². The molecule has 3 aromatic carbocycles. The van der Waals surface area contributed by atoms with Crippen molar-refractivity contribution in [3.8, 4) is 16.9 Å². The second-order valence-corrected chi connectivity index (χ2v) is 9.71. The Morgan fingerprint density at radius 3 is 2.08 bits per heavy atom. The predicted octanol–water partition coefficient (Wildman–Crippen LogP) is 4.81. The van der Waals surface area contributed by atoms with Crippen molar-refractivity contribution < 1.29 is 27.8 Å². The molecule has 1 heterocycles. The van der Waals surface area contributed by atoms with Crippen molar-refractivity contribution in [3.05, 3.63) is 84.2 Å². The second-order valence-electron chi connectivity index (χ2n) is 8.86. The third-order valence-corrected chi connectivity index (χ3v) is 7.39. The molecule has 0 spiro atoms. The average Bonchev–Trinajstić information content (AvgIpc) is 2.89. The fourth-order valence-electron chi connectivity index (χ4n) is 4.70. The van der Waals surface area contributed by atoms with Crippen LogP contribution in [0.5, 0.6) is 5.75 Å². The van der Waals surface area contributed by atoms with E-state index in [4.69, 9.17) is 4.74 Å². The Bertz CT molecular complexity index is 1180. The minimum Gasteiger partial charge on any atom is -0.497 e. The maximum Gasteiger partial charge on any atom is 0.327 e. The minimum absolute atomic E-state index is 0.282. The fourth-order valence-corrected chi connectivity index (χ4v) is 5.46. The van der Waals surface area contributed by atoms with Gasteiger partial charge < -0.3 is 9.84 Å². The molecule has 0 aromatic heterocycles. The summed E-state index contributed by atoms with van der Waals surface area (Å²) in [7, 11) is 1.60. The highest BCUT2D eigenvalue weighted by Gasteiger charge is 2.38. The van der Waals surface area contributed by atoms with Crippen LogP contribution in [0.3, 0.4) is 0 Å². The Hall–Kier alpha value is -3.27. The van der Waals surface area contributed by atoms with E-state index in [1.54, 1.807) is 43.5 Å². The number of benzene rings is 3. The molecule has 4 rings (SSSR count). The lowest BCUT2D eigenvalue weighted by Crippen LogP contribution is -2.50. The fraction of sp³-hybridized carbons (Fsp3) is 0.296. The summed E-state index contributed by atoms with van der Waals surface area (Å²) in [4.78, 5) is 14.5. The van der Waals surface area contributed by atoms with E-state index < -0.39 is 23.3 Å².